The van der Waals surface area contributed by atoms with Crippen molar-refractivity contribution in [1.29, 1.82) is 0 Å². The molecule has 0 saturated carbocycles. The highest BCUT2D eigenvalue weighted by Gasteiger charge is 2.39. The van der Waals surface area contributed by atoms with Crippen LogP contribution in [0.3, 0.4) is 0 Å². The van der Waals surface area contributed by atoms with Gasteiger partial charge in [-0.2, -0.15) is 13.2 Å². The Hall–Kier alpha value is -3.36. The first-order valence-corrected chi connectivity index (χ1v) is 11.0. The monoisotopic (exact) mass is 475 g/mol. The Morgan fingerprint density at radius 3 is 2.35 bits per heavy atom. The lowest BCUT2D eigenvalue weighted by atomic mass is 9.94. The van der Waals surface area contributed by atoms with Gasteiger partial charge in [0.2, 0.25) is 5.91 Å². The van der Waals surface area contributed by atoms with Gasteiger partial charge < -0.3 is 10.2 Å². The van der Waals surface area contributed by atoms with E-state index >= 15 is 0 Å². The van der Waals surface area contributed by atoms with E-state index in [0.29, 0.717) is 22.6 Å². The molecule has 0 bridgehead atoms. The molecule has 2 amide bonds. The van der Waals surface area contributed by atoms with Gasteiger partial charge in [0, 0.05) is 29.4 Å². The zero-order valence-corrected chi connectivity index (χ0v) is 19.3. The molecular formula is C25H25F4N3O2. The maximum atomic E-state index is 14.1. The quantitative estimate of drug-likeness (QED) is 0.562. The van der Waals surface area contributed by atoms with Crippen molar-refractivity contribution in [3.63, 3.8) is 0 Å². The van der Waals surface area contributed by atoms with Crippen molar-refractivity contribution >= 4 is 23.2 Å². The van der Waals surface area contributed by atoms with Gasteiger partial charge >= 0.3 is 6.18 Å². The number of hydrogen-bond acceptors (Lipinski definition) is 3. The number of rotatable bonds is 3. The average Bonchev–Trinajstić information content (AvgIpc) is 2.74. The number of hydrogen-bond donors (Lipinski definition) is 1. The molecule has 2 heterocycles. The first-order chi connectivity index (χ1) is 15.9. The lowest BCUT2D eigenvalue weighted by Crippen LogP contribution is -2.48. The van der Waals surface area contributed by atoms with E-state index in [1.807, 2.05) is 20.8 Å². The number of nitrogens with zero attached hydrogens (tertiary/aromatic N) is 2. The number of alkyl halides is 3. The Labute approximate surface area is 195 Å². The molecule has 2 aromatic rings. The highest BCUT2D eigenvalue weighted by atomic mass is 19.4. The van der Waals surface area contributed by atoms with Crippen LogP contribution < -0.4 is 10.2 Å². The van der Waals surface area contributed by atoms with Crippen LogP contribution in [-0.2, 0) is 11.0 Å². The molecule has 0 aliphatic carbocycles. The van der Waals surface area contributed by atoms with Crippen molar-refractivity contribution in [1.82, 2.24) is 10.2 Å². The maximum absolute atomic E-state index is 14.1. The van der Waals surface area contributed by atoms with Crippen molar-refractivity contribution in [2.24, 2.45) is 5.92 Å². The first-order valence-electron chi connectivity index (χ1n) is 11.0. The fourth-order valence-electron chi connectivity index (χ4n) is 4.70. The highest BCUT2D eigenvalue weighted by Crippen LogP contribution is 2.43. The van der Waals surface area contributed by atoms with Gasteiger partial charge in [0.15, 0.2) is 0 Å². The van der Waals surface area contributed by atoms with Crippen LogP contribution in [0.1, 0.15) is 61.5 Å². The Kier molecular flexibility index (Phi) is 5.91. The Morgan fingerprint density at radius 2 is 1.74 bits per heavy atom. The number of amides is 2. The van der Waals surface area contributed by atoms with Crippen LogP contribution in [0.4, 0.5) is 28.9 Å². The molecule has 34 heavy (non-hydrogen) atoms. The average molecular weight is 475 g/mol. The molecule has 0 spiro atoms. The molecule has 9 heteroatoms. The maximum Gasteiger partial charge on any atom is 0.416 e. The van der Waals surface area contributed by atoms with Crippen LogP contribution in [0.15, 0.2) is 47.8 Å². The summed E-state index contributed by atoms with van der Waals surface area (Å²) in [5, 5.41) is 2.75. The lowest BCUT2D eigenvalue weighted by molar-refractivity contribution is -0.137. The van der Waals surface area contributed by atoms with Crippen LogP contribution in [0.5, 0.6) is 0 Å². The molecule has 2 aromatic carbocycles. The van der Waals surface area contributed by atoms with Crippen LogP contribution >= 0.6 is 0 Å². The van der Waals surface area contributed by atoms with Gasteiger partial charge in [-0.3, -0.25) is 14.5 Å². The normalized spacial score (nSPS) is 19.0. The standard InChI is InChI=1S/C25H25F4N3O2/c1-13(2)19-11-17(26)6-8-20(19)31-12-32(23-14(3)9-22(33)30-15(23)4)24(34)18-7-5-16(10-21(18)31)25(27,28)29/h5-8,10-11,13-14H,9,12H2,1-4H3,(H,30,33)/t14-/m1/s1. The number of benzene rings is 2. The minimum atomic E-state index is -4.59. The number of fused-ring (bicyclic) bond motifs is 1. The second kappa shape index (κ2) is 8.45. The van der Waals surface area contributed by atoms with Crippen molar-refractivity contribution in [3.05, 3.63) is 70.3 Å². The van der Waals surface area contributed by atoms with Crippen LogP contribution in [0, 0.1) is 11.7 Å². The minimum absolute atomic E-state index is 0.0780. The van der Waals surface area contributed by atoms with E-state index in [9.17, 15) is 27.2 Å². The summed E-state index contributed by atoms with van der Waals surface area (Å²) >= 11 is 0. The second-order valence-corrected chi connectivity index (χ2v) is 9.05. The molecule has 2 aliphatic heterocycles. The van der Waals surface area contributed by atoms with E-state index in [0.717, 1.165) is 12.1 Å². The fourth-order valence-corrected chi connectivity index (χ4v) is 4.70. The Balaban J connectivity index is 1.94. The summed E-state index contributed by atoms with van der Waals surface area (Å²) in [6, 6.07) is 7.17. The van der Waals surface area contributed by atoms with Crippen molar-refractivity contribution in [2.75, 3.05) is 11.6 Å². The zero-order chi connectivity index (χ0) is 24.9. The van der Waals surface area contributed by atoms with E-state index in [4.69, 9.17) is 0 Å². The largest absolute Gasteiger partial charge is 0.416 e. The molecule has 1 N–H and O–H groups in total. The zero-order valence-electron chi connectivity index (χ0n) is 19.3. The van der Waals surface area contributed by atoms with Crippen molar-refractivity contribution < 1.29 is 27.2 Å². The molecule has 2 aliphatic rings. The predicted molar refractivity (Wildman–Crippen MR) is 120 cm³/mol. The fraction of sp³-hybridized carbons (Fsp3) is 0.360. The topological polar surface area (TPSA) is 52.7 Å². The van der Waals surface area contributed by atoms with Crippen LogP contribution in [0.25, 0.3) is 0 Å². The van der Waals surface area contributed by atoms with Gasteiger partial charge in [-0.15, -0.1) is 0 Å². The minimum Gasteiger partial charge on any atom is -0.328 e. The van der Waals surface area contributed by atoms with Crippen LogP contribution in [0.2, 0.25) is 0 Å². The molecule has 5 nitrogen and oxygen atoms in total. The van der Waals surface area contributed by atoms with Crippen molar-refractivity contribution in [2.45, 2.75) is 46.2 Å². The number of anilines is 2. The van der Waals surface area contributed by atoms with Gasteiger partial charge in [0.05, 0.1) is 16.8 Å². The summed E-state index contributed by atoms with van der Waals surface area (Å²) in [7, 11) is 0. The summed E-state index contributed by atoms with van der Waals surface area (Å²) in [6.07, 6.45) is -4.41. The van der Waals surface area contributed by atoms with Gasteiger partial charge in [0.1, 0.15) is 12.5 Å². The van der Waals surface area contributed by atoms with Gasteiger partial charge in [-0.1, -0.05) is 20.8 Å². The third-order valence-corrected chi connectivity index (χ3v) is 6.24. The van der Waals surface area contributed by atoms with Crippen LogP contribution in [-0.4, -0.2) is 23.4 Å². The number of nitrogens with one attached hydrogen (secondary N) is 1. The van der Waals surface area contributed by atoms with Gasteiger partial charge in [-0.25, -0.2) is 4.39 Å². The Morgan fingerprint density at radius 1 is 1.03 bits per heavy atom. The van der Waals surface area contributed by atoms with E-state index < -0.39 is 23.5 Å². The lowest BCUT2D eigenvalue weighted by Gasteiger charge is -2.43. The first kappa shape index (κ1) is 23.8. The molecule has 0 aromatic heterocycles. The third-order valence-electron chi connectivity index (χ3n) is 6.24. The molecule has 180 valence electrons. The van der Waals surface area contributed by atoms with E-state index in [-0.39, 0.29) is 42.1 Å². The number of carbonyl (C=O) groups is 2. The SMILES string of the molecule is CC1=C(N2CN(c3ccc(F)cc3C(C)C)c3cc(C(F)(F)F)ccc3C2=O)[C@H](C)CC(=O)N1. The summed E-state index contributed by atoms with van der Waals surface area (Å²) in [4.78, 5) is 28.6. The van der Waals surface area contributed by atoms with E-state index in [1.165, 1.54) is 29.2 Å². The highest BCUT2D eigenvalue weighted by molar-refractivity contribution is 6.04. The molecular weight excluding hydrogens is 450 g/mol. The molecule has 4 rings (SSSR count). The number of halogens is 4. The summed E-state index contributed by atoms with van der Waals surface area (Å²) in [6.45, 7) is 7.17. The molecule has 0 saturated heterocycles. The number of carbonyl (C=O) groups excluding carboxylic acids is 2. The third kappa shape index (κ3) is 4.15. The number of allylic oxidation sites excluding steroid dienone is 2. The summed E-state index contributed by atoms with van der Waals surface area (Å²) in [5.74, 6) is -1.46. The predicted octanol–water partition coefficient (Wildman–Crippen LogP) is 5.91. The molecule has 0 fully saturated rings. The van der Waals surface area contributed by atoms with Gasteiger partial charge in [-0.05, 0) is 54.8 Å². The van der Waals surface area contributed by atoms with E-state index in [2.05, 4.69) is 5.32 Å². The second-order valence-electron chi connectivity index (χ2n) is 9.05. The molecule has 1 atom stereocenters. The van der Waals surface area contributed by atoms with Crippen molar-refractivity contribution in [3.8, 4) is 0 Å². The summed E-state index contributed by atoms with van der Waals surface area (Å²) in [5.41, 5.74) is 1.58. The van der Waals surface area contributed by atoms with E-state index in [1.54, 1.807) is 11.8 Å². The molecule has 0 radical (unpaired) electrons. The Bertz CT molecular complexity index is 1200. The smallest absolute Gasteiger partial charge is 0.328 e. The van der Waals surface area contributed by atoms with Gasteiger partial charge in [0.25, 0.3) is 5.91 Å². The summed E-state index contributed by atoms with van der Waals surface area (Å²) < 4.78 is 54.7. The molecule has 0 unspecified atom stereocenters.